The molecule has 0 spiro atoms. The molecule has 0 saturated carbocycles. The van der Waals surface area contributed by atoms with Gasteiger partial charge in [0.1, 0.15) is 6.17 Å². The second-order valence-electron chi connectivity index (χ2n) is 6.22. The highest BCUT2D eigenvalue weighted by Crippen LogP contribution is 2.17. The minimum atomic E-state index is 0.130. The van der Waals surface area contributed by atoms with Gasteiger partial charge in [-0.2, -0.15) is 0 Å². The van der Waals surface area contributed by atoms with Crippen LogP contribution in [0.15, 0.2) is 4.99 Å². The fourth-order valence-corrected chi connectivity index (χ4v) is 2.96. The van der Waals surface area contributed by atoms with Crippen molar-refractivity contribution >= 4 is 6.21 Å². The summed E-state index contributed by atoms with van der Waals surface area (Å²) in [6.45, 7) is 5.27. The van der Waals surface area contributed by atoms with E-state index in [2.05, 4.69) is 23.7 Å². The third kappa shape index (κ3) is 7.39. The monoisotopic (exact) mass is 281 g/mol. The van der Waals surface area contributed by atoms with E-state index in [1.54, 1.807) is 0 Å². The molecule has 0 aromatic carbocycles. The van der Waals surface area contributed by atoms with Gasteiger partial charge in [0.2, 0.25) is 0 Å². The van der Waals surface area contributed by atoms with E-state index in [9.17, 15) is 0 Å². The van der Waals surface area contributed by atoms with E-state index in [0.717, 1.165) is 6.54 Å². The maximum absolute atomic E-state index is 5.95. The Morgan fingerprint density at radius 3 is 2.15 bits per heavy atom. The zero-order chi connectivity index (χ0) is 14.6. The first-order valence-electron chi connectivity index (χ1n) is 8.78. The largest absolute Gasteiger partial charge is 0.316 e. The van der Waals surface area contributed by atoms with Crippen LogP contribution >= 0.6 is 0 Å². The van der Waals surface area contributed by atoms with Crippen LogP contribution in [0.4, 0.5) is 0 Å². The summed E-state index contributed by atoms with van der Waals surface area (Å²) in [4.78, 5) is 6.82. The Balaban J connectivity index is 1.88. The van der Waals surface area contributed by atoms with Gasteiger partial charge in [0, 0.05) is 12.8 Å². The Morgan fingerprint density at radius 2 is 1.60 bits per heavy atom. The number of nitrogens with two attached hydrogens (primary N) is 1. The summed E-state index contributed by atoms with van der Waals surface area (Å²) in [7, 11) is 0. The molecule has 1 aliphatic rings. The molecule has 1 heterocycles. The highest BCUT2D eigenvalue weighted by Gasteiger charge is 2.22. The van der Waals surface area contributed by atoms with Crippen molar-refractivity contribution in [3.05, 3.63) is 0 Å². The average Bonchev–Trinajstić information content (AvgIpc) is 2.89. The third-order valence-corrected chi connectivity index (χ3v) is 4.29. The van der Waals surface area contributed by atoms with Crippen LogP contribution in [0.1, 0.15) is 84.5 Å². The number of rotatable bonds is 12. The first-order chi connectivity index (χ1) is 9.75. The molecule has 0 radical (unpaired) electrons. The smallest absolute Gasteiger partial charge is 0.103 e. The lowest BCUT2D eigenvalue weighted by atomic mass is 10.1. The molecule has 3 nitrogen and oxygen atoms in total. The van der Waals surface area contributed by atoms with E-state index < -0.39 is 0 Å². The van der Waals surface area contributed by atoms with Crippen molar-refractivity contribution in [3.63, 3.8) is 0 Å². The minimum absolute atomic E-state index is 0.130. The quantitative estimate of drug-likeness (QED) is 0.541. The lowest BCUT2D eigenvalue weighted by molar-refractivity contribution is 0.182. The van der Waals surface area contributed by atoms with E-state index in [1.807, 2.05) is 6.21 Å². The molecule has 0 fully saturated rings. The number of nitrogens with zero attached hydrogens (tertiary/aromatic N) is 2. The van der Waals surface area contributed by atoms with Crippen LogP contribution in [-0.2, 0) is 0 Å². The molecule has 0 aromatic rings. The van der Waals surface area contributed by atoms with Crippen molar-refractivity contribution in [3.8, 4) is 0 Å². The van der Waals surface area contributed by atoms with Gasteiger partial charge in [-0.15, -0.1) is 0 Å². The van der Waals surface area contributed by atoms with Gasteiger partial charge in [-0.1, -0.05) is 64.7 Å². The Bertz CT molecular complexity index is 251. The van der Waals surface area contributed by atoms with E-state index in [0.29, 0.717) is 6.17 Å². The minimum Gasteiger partial charge on any atom is -0.316 e. The van der Waals surface area contributed by atoms with Crippen LogP contribution in [0, 0.1) is 0 Å². The molecular formula is C17H35N3. The van der Waals surface area contributed by atoms with Crippen molar-refractivity contribution in [2.24, 2.45) is 10.7 Å². The van der Waals surface area contributed by atoms with E-state index in [4.69, 9.17) is 5.73 Å². The Hall–Kier alpha value is -0.410. The van der Waals surface area contributed by atoms with Gasteiger partial charge in [0.15, 0.2) is 0 Å². The Labute approximate surface area is 126 Å². The molecule has 1 aliphatic heterocycles. The van der Waals surface area contributed by atoms with Gasteiger partial charge in [0.25, 0.3) is 0 Å². The van der Waals surface area contributed by atoms with Crippen LogP contribution in [0.2, 0.25) is 0 Å². The predicted molar refractivity (Wildman–Crippen MR) is 89.1 cm³/mol. The summed E-state index contributed by atoms with van der Waals surface area (Å²) in [5, 5.41) is 0. The first-order valence-corrected chi connectivity index (χ1v) is 8.78. The molecule has 2 atom stereocenters. The second kappa shape index (κ2) is 11.3. The molecule has 20 heavy (non-hydrogen) atoms. The molecule has 0 saturated heterocycles. The van der Waals surface area contributed by atoms with Crippen molar-refractivity contribution in [1.82, 2.24) is 4.90 Å². The highest BCUT2D eigenvalue weighted by molar-refractivity contribution is 5.62. The average molecular weight is 281 g/mol. The molecular weight excluding hydrogens is 246 g/mol. The van der Waals surface area contributed by atoms with Crippen LogP contribution in [0.3, 0.4) is 0 Å². The van der Waals surface area contributed by atoms with Gasteiger partial charge in [-0.25, -0.2) is 0 Å². The van der Waals surface area contributed by atoms with Crippen LogP contribution in [0.25, 0.3) is 0 Å². The fourth-order valence-electron chi connectivity index (χ4n) is 2.96. The molecule has 2 N–H and O–H groups in total. The Morgan fingerprint density at radius 1 is 1.05 bits per heavy atom. The van der Waals surface area contributed by atoms with Crippen molar-refractivity contribution in [2.45, 2.75) is 96.8 Å². The van der Waals surface area contributed by atoms with Crippen molar-refractivity contribution in [2.75, 3.05) is 6.54 Å². The number of aliphatic imine (C=N–C) groups is 1. The summed E-state index contributed by atoms with van der Waals surface area (Å²) in [6, 6.07) is 0. The van der Waals surface area contributed by atoms with Gasteiger partial charge in [0.05, 0.1) is 6.17 Å². The lowest BCUT2D eigenvalue weighted by Crippen LogP contribution is -2.43. The lowest BCUT2D eigenvalue weighted by Gasteiger charge is -2.26. The van der Waals surface area contributed by atoms with Crippen LogP contribution in [0.5, 0.6) is 0 Å². The highest BCUT2D eigenvalue weighted by atomic mass is 15.3. The molecule has 0 aliphatic carbocycles. The molecule has 0 bridgehead atoms. The van der Waals surface area contributed by atoms with Crippen molar-refractivity contribution < 1.29 is 0 Å². The molecule has 3 heteroatoms. The fraction of sp³-hybridized carbons (Fsp3) is 0.941. The summed E-state index contributed by atoms with van der Waals surface area (Å²) in [5.41, 5.74) is 5.95. The predicted octanol–water partition coefficient (Wildman–Crippen LogP) is 4.31. The molecule has 118 valence electrons. The maximum Gasteiger partial charge on any atom is 0.103 e. The molecule has 0 amide bonds. The van der Waals surface area contributed by atoms with E-state index >= 15 is 0 Å². The summed E-state index contributed by atoms with van der Waals surface area (Å²) >= 11 is 0. The molecule has 2 unspecified atom stereocenters. The molecule has 0 aromatic heterocycles. The van der Waals surface area contributed by atoms with E-state index in [-0.39, 0.29) is 6.17 Å². The zero-order valence-electron chi connectivity index (χ0n) is 13.7. The van der Waals surface area contributed by atoms with Crippen LogP contribution < -0.4 is 5.73 Å². The van der Waals surface area contributed by atoms with Gasteiger partial charge < -0.3 is 5.73 Å². The first kappa shape index (κ1) is 17.6. The molecule has 1 rings (SSSR count). The maximum atomic E-state index is 5.95. The summed E-state index contributed by atoms with van der Waals surface area (Å²) < 4.78 is 0. The van der Waals surface area contributed by atoms with Crippen molar-refractivity contribution in [1.29, 1.82) is 0 Å². The van der Waals surface area contributed by atoms with Gasteiger partial charge >= 0.3 is 0 Å². The summed E-state index contributed by atoms with van der Waals surface area (Å²) in [5.74, 6) is 0. The standard InChI is InChI=1S/C17H35N3/c1-3-4-5-6-7-8-9-10-11-12-13-17-19-14-15-20(17)16(2)18/h14,16-17H,3-13,15,18H2,1-2H3. The number of hydrogen-bond donors (Lipinski definition) is 1. The number of unbranched alkanes of at least 4 members (excludes halogenated alkanes) is 9. The number of hydrogen-bond acceptors (Lipinski definition) is 3. The van der Waals surface area contributed by atoms with Crippen LogP contribution in [-0.4, -0.2) is 30.0 Å². The summed E-state index contributed by atoms with van der Waals surface area (Å²) in [6.07, 6.45) is 17.6. The second-order valence-corrected chi connectivity index (χ2v) is 6.22. The SMILES string of the molecule is CCCCCCCCCCCCC1N=CCN1C(C)N. The third-order valence-electron chi connectivity index (χ3n) is 4.29. The normalized spacial score (nSPS) is 20.6. The van der Waals surface area contributed by atoms with E-state index in [1.165, 1.54) is 70.6 Å². The Kier molecular flexibility index (Phi) is 9.94. The van der Waals surface area contributed by atoms with Gasteiger partial charge in [-0.3, -0.25) is 9.89 Å². The van der Waals surface area contributed by atoms with Gasteiger partial charge in [-0.05, 0) is 19.8 Å². The topological polar surface area (TPSA) is 41.6 Å². The zero-order valence-corrected chi connectivity index (χ0v) is 13.7.